The van der Waals surface area contributed by atoms with E-state index in [-0.39, 0.29) is 0 Å². The van der Waals surface area contributed by atoms with E-state index >= 15 is 0 Å². The molecule has 0 saturated heterocycles. The number of nitrogens with one attached hydrogen (secondary N) is 1. The zero-order valence-electron chi connectivity index (χ0n) is 10.9. The SMILES string of the molecule is Cc1ccc(C=C(Nc2ccccc2)C(F)(F)F)cc1. The van der Waals surface area contributed by atoms with Gasteiger partial charge in [0.05, 0.1) is 0 Å². The number of rotatable bonds is 3. The van der Waals surface area contributed by atoms with E-state index in [0.29, 0.717) is 11.3 Å². The normalized spacial score (nSPS) is 12.3. The minimum Gasteiger partial charge on any atom is -0.352 e. The second-order valence-electron chi connectivity index (χ2n) is 4.46. The van der Waals surface area contributed by atoms with Crippen LogP contribution in [-0.2, 0) is 0 Å². The standard InChI is InChI=1S/C16H14F3N/c1-12-7-9-13(10-8-12)11-15(16(17,18)19)20-14-5-3-2-4-6-14/h2-11,20H,1H3. The van der Waals surface area contributed by atoms with Gasteiger partial charge in [0.2, 0.25) is 0 Å². The summed E-state index contributed by atoms with van der Waals surface area (Å²) in [6.45, 7) is 1.89. The van der Waals surface area contributed by atoms with Gasteiger partial charge in [-0.05, 0) is 30.7 Å². The number of hydrogen-bond donors (Lipinski definition) is 1. The van der Waals surface area contributed by atoms with Gasteiger partial charge in [-0.1, -0.05) is 48.0 Å². The van der Waals surface area contributed by atoms with E-state index in [4.69, 9.17) is 0 Å². The summed E-state index contributed by atoms with van der Waals surface area (Å²) >= 11 is 0. The molecule has 0 aliphatic rings. The molecule has 0 spiro atoms. The van der Waals surface area contributed by atoms with Crippen molar-refractivity contribution in [2.45, 2.75) is 13.1 Å². The number of alkyl halides is 3. The van der Waals surface area contributed by atoms with Gasteiger partial charge in [0.25, 0.3) is 0 Å². The average Bonchev–Trinajstić information content (AvgIpc) is 2.40. The first-order valence-electron chi connectivity index (χ1n) is 6.13. The van der Waals surface area contributed by atoms with Gasteiger partial charge in [-0.2, -0.15) is 13.2 Å². The number of benzene rings is 2. The predicted octanol–water partition coefficient (Wildman–Crippen LogP) is 5.01. The molecule has 2 aromatic rings. The molecular weight excluding hydrogens is 263 g/mol. The van der Waals surface area contributed by atoms with Crippen LogP contribution < -0.4 is 5.32 Å². The zero-order chi connectivity index (χ0) is 14.6. The monoisotopic (exact) mass is 277 g/mol. The molecule has 0 bridgehead atoms. The first-order valence-corrected chi connectivity index (χ1v) is 6.13. The first-order chi connectivity index (χ1) is 9.45. The van der Waals surface area contributed by atoms with Crippen molar-refractivity contribution in [3.63, 3.8) is 0 Å². The number of halogens is 3. The molecule has 0 atom stereocenters. The summed E-state index contributed by atoms with van der Waals surface area (Å²) in [7, 11) is 0. The number of hydrogen-bond acceptors (Lipinski definition) is 1. The molecular formula is C16H14F3N. The maximum atomic E-state index is 13.0. The number of aryl methyl sites for hydroxylation is 1. The molecule has 0 fully saturated rings. The molecule has 0 unspecified atom stereocenters. The van der Waals surface area contributed by atoms with Gasteiger partial charge in [0.1, 0.15) is 5.70 Å². The number of allylic oxidation sites excluding steroid dienone is 1. The Bertz CT molecular complexity index is 583. The van der Waals surface area contributed by atoms with Gasteiger partial charge in [-0.15, -0.1) is 0 Å². The Morgan fingerprint density at radius 1 is 0.950 bits per heavy atom. The van der Waals surface area contributed by atoms with Crippen molar-refractivity contribution in [3.8, 4) is 0 Å². The van der Waals surface area contributed by atoms with Crippen molar-refractivity contribution in [3.05, 3.63) is 71.4 Å². The molecule has 0 saturated carbocycles. The van der Waals surface area contributed by atoms with Crippen LogP contribution >= 0.6 is 0 Å². The molecule has 1 N–H and O–H groups in total. The van der Waals surface area contributed by atoms with Crippen LogP contribution in [0.3, 0.4) is 0 Å². The molecule has 0 heterocycles. The van der Waals surface area contributed by atoms with Crippen molar-refractivity contribution in [1.82, 2.24) is 0 Å². The van der Waals surface area contributed by atoms with Crippen LogP contribution in [0.4, 0.5) is 18.9 Å². The third-order valence-corrected chi connectivity index (χ3v) is 2.75. The Morgan fingerprint density at radius 3 is 2.10 bits per heavy atom. The van der Waals surface area contributed by atoms with Crippen LogP contribution in [0, 0.1) is 6.92 Å². The second-order valence-corrected chi connectivity index (χ2v) is 4.46. The molecule has 4 heteroatoms. The van der Waals surface area contributed by atoms with Crippen LogP contribution in [-0.4, -0.2) is 6.18 Å². The van der Waals surface area contributed by atoms with E-state index in [1.165, 1.54) is 0 Å². The summed E-state index contributed by atoms with van der Waals surface area (Å²) in [5.74, 6) is 0. The third-order valence-electron chi connectivity index (χ3n) is 2.75. The van der Waals surface area contributed by atoms with Crippen molar-refractivity contribution < 1.29 is 13.2 Å². The fourth-order valence-electron chi connectivity index (χ4n) is 1.70. The quantitative estimate of drug-likeness (QED) is 0.831. The van der Waals surface area contributed by atoms with Crippen LogP contribution in [0.25, 0.3) is 6.08 Å². The van der Waals surface area contributed by atoms with Crippen LogP contribution in [0.1, 0.15) is 11.1 Å². The highest BCUT2D eigenvalue weighted by Gasteiger charge is 2.33. The second kappa shape index (κ2) is 5.82. The Kier molecular flexibility index (Phi) is 4.13. The molecule has 2 rings (SSSR count). The smallest absolute Gasteiger partial charge is 0.352 e. The summed E-state index contributed by atoms with van der Waals surface area (Å²) in [5, 5.41) is 2.42. The lowest BCUT2D eigenvalue weighted by Gasteiger charge is -2.14. The fraction of sp³-hybridized carbons (Fsp3) is 0.125. The van der Waals surface area contributed by atoms with E-state index in [9.17, 15) is 13.2 Å². The van der Waals surface area contributed by atoms with Gasteiger partial charge in [0, 0.05) is 5.69 Å². The summed E-state index contributed by atoms with van der Waals surface area (Å²) < 4.78 is 39.1. The lowest BCUT2D eigenvalue weighted by atomic mass is 10.1. The van der Waals surface area contributed by atoms with E-state index in [2.05, 4.69) is 5.32 Å². The van der Waals surface area contributed by atoms with Gasteiger partial charge in [-0.3, -0.25) is 0 Å². The molecule has 0 aromatic heterocycles. The van der Waals surface area contributed by atoms with E-state index in [0.717, 1.165) is 11.6 Å². The van der Waals surface area contributed by atoms with Gasteiger partial charge in [0.15, 0.2) is 0 Å². The molecule has 0 aliphatic carbocycles. The highest BCUT2D eigenvalue weighted by Crippen LogP contribution is 2.28. The Balaban J connectivity index is 2.31. The fourth-order valence-corrected chi connectivity index (χ4v) is 1.70. The third kappa shape index (κ3) is 3.88. The minimum absolute atomic E-state index is 0.406. The molecule has 104 valence electrons. The molecule has 0 radical (unpaired) electrons. The summed E-state index contributed by atoms with van der Waals surface area (Å²) in [5.41, 5.74) is 1.13. The minimum atomic E-state index is -4.43. The predicted molar refractivity (Wildman–Crippen MR) is 75.3 cm³/mol. The van der Waals surface area contributed by atoms with Crippen molar-refractivity contribution >= 4 is 11.8 Å². The highest BCUT2D eigenvalue weighted by molar-refractivity contribution is 5.61. The van der Waals surface area contributed by atoms with E-state index in [1.54, 1.807) is 54.6 Å². The topological polar surface area (TPSA) is 12.0 Å². The van der Waals surface area contributed by atoms with E-state index in [1.807, 2.05) is 6.92 Å². The van der Waals surface area contributed by atoms with Gasteiger partial charge in [-0.25, -0.2) is 0 Å². The maximum absolute atomic E-state index is 13.0. The lowest BCUT2D eigenvalue weighted by Crippen LogP contribution is -2.18. The summed E-state index contributed by atoms with van der Waals surface area (Å²) in [4.78, 5) is 0. The van der Waals surface area contributed by atoms with Gasteiger partial charge >= 0.3 is 6.18 Å². The number of anilines is 1. The summed E-state index contributed by atoms with van der Waals surface area (Å²) in [6, 6.07) is 15.2. The highest BCUT2D eigenvalue weighted by atomic mass is 19.4. The van der Waals surface area contributed by atoms with Crippen LogP contribution in [0.15, 0.2) is 60.3 Å². The van der Waals surface area contributed by atoms with Crippen LogP contribution in [0.5, 0.6) is 0 Å². The van der Waals surface area contributed by atoms with Crippen molar-refractivity contribution in [2.24, 2.45) is 0 Å². The molecule has 0 aliphatic heterocycles. The zero-order valence-corrected chi connectivity index (χ0v) is 10.9. The molecule has 1 nitrogen and oxygen atoms in total. The number of para-hydroxylation sites is 1. The van der Waals surface area contributed by atoms with Gasteiger partial charge < -0.3 is 5.32 Å². The molecule has 2 aromatic carbocycles. The molecule has 0 amide bonds. The van der Waals surface area contributed by atoms with Crippen molar-refractivity contribution in [1.29, 1.82) is 0 Å². The largest absolute Gasteiger partial charge is 0.431 e. The summed E-state index contributed by atoms with van der Waals surface area (Å²) in [6.07, 6.45) is -3.33. The maximum Gasteiger partial charge on any atom is 0.431 e. The molecule has 20 heavy (non-hydrogen) atoms. The Labute approximate surface area is 115 Å². The van der Waals surface area contributed by atoms with Crippen molar-refractivity contribution in [2.75, 3.05) is 5.32 Å². The van der Waals surface area contributed by atoms with E-state index < -0.39 is 11.9 Å². The Morgan fingerprint density at radius 2 is 1.55 bits per heavy atom. The lowest BCUT2D eigenvalue weighted by molar-refractivity contribution is -0.0893. The van der Waals surface area contributed by atoms with Crippen LogP contribution in [0.2, 0.25) is 0 Å². The Hall–Kier alpha value is -2.23. The first kappa shape index (κ1) is 14.2. The average molecular weight is 277 g/mol.